The van der Waals surface area contributed by atoms with E-state index in [4.69, 9.17) is 5.73 Å². The molecule has 0 heterocycles. The van der Waals surface area contributed by atoms with Gasteiger partial charge in [-0.1, -0.05) is 6.42 Å². The largest absolute Gasteiger partial charge is 0.446 e. The zero-order valence-corrected chi connectivity index (χ0v) is 7.21. The highest BCUT2D eigenvalue weighted by molar-refractivity contribution is 5.64. The van der Waals surface area contributed by atoms with Gasteiger partial charge in [-0.3, -0.25) is 0 Å². The van der Waals surface area contributed by atoms with Gasteiger partial charge < -0.3 is 10.5 Å². The molecule has 2 atom stereocenters. The van der Waals surface area contributed by atoms with Crippen molar-refractivity contribution in [1.29, 1.82) is 0 Å². The number of primary amides is 1. The average molecular weight is 193 g/mol. The quantitative estimate of drug-likeness (QED) is 0.728. The molecule has 0 aliphatic heterocycles. The minimum Gasteiger partial charge on any atom is -0.446 e. The number of rotatable bonds is 2. The normalized spacial score (nSPS) is 28.8. The van der Waals surface area contributed by atoms with E-state index in [9.17, 15) is 13.6 Å². The van der Waals surface area contributed by atoms with E-state index in [-0.39, 0.29) is 0 Å². The van der Waals surface area contributed by atoms with Gasteiger partial charge in [0.05, 0.1) is 5.92 Å². The molecule has 1 amide bonds. The Morgan fingerprint density at radius 3 is 2.54 bits per heavy atom. The van der Waals surface area contributed by atoms with Crippen LogP contribution in [-0.2, 0) is 4.74 Å². The lowest BCUT2D eigenvalue weighted by molar-refractivity contribution is -0.0358. The fourth-order valence-electron chi connectivity index (χ4n) is 1.71. The number of ether oxygens (including phenoxy) is 1. The van der Waals surface area contributed by atoms with Crippen LogP contribution in [0.5, 0.6) is 0 Å². The lowest BCUT2D eigenvalue weighted by Crippen LogP contribution is -2.35. The Hall–Kier alpha value is -0.870. The summed E-state index contributed by atoms with van der Waals surface area (Å²) in [5.41, 5.74) is 4.78. The maximum Gasteiger partial charge on any atom is 0.404 e. The number of halogens is 2. The maximum atomic E-state index is 12.4. The van der Waals surface area contributed by atoms with E-state index in [1.807, 2.05) is 0 Å². The molecule has 2 N–H and O–H groups in total. The first kappa shape index (κ1) is 10.2. The summed E-state index contributed by atoms with van der Waals surface area (Å²) in [6.07, 6.45) is -1.57. The zero-order chi connectivity index (χ0) is 9.84. The summed E-state index contributed by atoms with van der Waals surface area (Å²) in [5, 5.41) is 0. The van der Waals surface area contributed by atoms with Gasteiger partial charge in [-0.05, 0) is 19.3 Å². The Morgan fingerprint density at radius 1 is 1.38 bits per heavy atom. The van der Waals surface area contributed by atoms with E-state index in [1.165, 1.54) is 0 Å². The second-order valence-electron chi connectivity index (χ2n) is 3.26. The first-order valence-electron chi connectivity index (χ1n) is 4.35. The fourth-order valence-corrected chi connectivity index (χ4v) is 1.71. The molecule has 0 saturated heterocycles. The summed E-state index contributed by atoms with van der Waals surface area (Å²) >= 11 is 0. The Morgan fingerprint density at radius 2 is 2.00 bits per heavy atom. The van der Waals surface area contributed by atoms with Crippen molar-refractivity contribution in [3.8, 4) is 0 Å². The molecule has 5 heteroatoms. The zero-order valence-electron chi connectivity index (χ0n) is 7.21. The number of carbonyl (C=O) groups is 1. The van der Waals surface area contributed by atoms with Crippen LogP contribution in [0.2, 0.25) is 0 Å². The average Bonchev–Trinajstić information content (AvgIpc) is 2.03. The van der Waals surface area contributed by atoms with E-state index in [0.29, 0.717) is 12.8 Å². The molecule has 3 nitrogen and oxygen atoms in total. The van der Waals surface area contributed by atoms with Crippen molar-refractivity contribution in [3.63, 3.8) is 0 Å². The molecule has 0 aromatic rings. The molecule has 1 aliphatic carbocycles. The van der Waals surface area contributed by atoms with E-state index in [1.54, 1.807) is 0 Å². The first-order valence-corrected chi connectivity index (χ1v) is 4.35. The van der Waals surface area contributed by atoms with Crippen LogP contribution in [0.15, 0.2) is 0 Å². The van der Waals surface area contributed by atoms with Crippen molar-refractivity contribution < 1.29 is 18.3 Å². The molecule has 0 aromatic heterocycles. The van der Waals surface area contributed by atoms with Gasteiger partial charge in [0.15, 0.2) is 0 Å². The molecule has 1 saturated carbocycles. The van der Waals surface area contributed by atoms with Crippen molar-refractivity contribution >= 4 is 6.09 Å². The molecule has 1 aliphatic rings. The van der Waals surface area contributed by atoms with Gasteiger partial charge in [0.1, 0.15) is 6.10 Å². The summed E-state index contributed by atoms with van der Waals surface area (Å²) in [4.78, 5) is 10.4. The Balaban J connectivity index is 2.51. The summed E-state index contributed by atoms with van der Waals surface area (Å²) in [6.45, 7) is 0. The number of hydrogen-bond acceptors (Lipinski definition) is 2. The van der Waals surface area contributed by atoms with Crippen LogP contribution in [0.1, 0.15) is 25.7 Å². The SMILES string of the molecule is NC(=O)OC1CCCCC1C(F)F. The summed E-state index contributed by atoms with van der Waals surface area (Å²) in [5.74, 6) is -0.832. The third-order valence-electron chi connectivity index (χ3n) is 2.34. The monoisotopic (exact) mass is 193 g/mol. The third-order valence-corrected chi connectivity index (χ3v) is 2.34. The van der Waals surface area contributed by atoms with Crippen molar-refractivity contribution in [2.75, 3.05) is 0 Å². The predicted molar refractivity (Wildman–Crippen MR) is 42.4 cm³/mol. The van der Waals surface area contributed by atoms with Crippen LogP contribution >= 0.6 is 0 Å². The molecule has 0 bridgehead atoms. The van der Waals surface area contributed by atoms with Crippen LogP contribution in [0.3, 0.4) is 0 Å². The standard InChI is InChI=1S/C8H13F2NO2/c9-7(10)5-3-1-2-4-6(5)13-8(11)12/h5-7H,1-4H2,(H2,11,12). The van der Waals surface area contributed by atoms with Gasteiger partial charge in [-0.25, -0.2) is 13.6 Å². The van der Waals surface area contributed by atoms with Crippen molar-refractivity contribution in [2.24, 2.45) is 11.7 Å². The fraction of sp³-hybridized carbons (Fsp3) is 0.875. The van der Waals surface area contributed by atoms with E-state index < -0.39 is 24.5 Å². The van der Waals surface area contributed by atoms with Gasteiger partial charge in [-0.15, -0.1) is 0 Å². The van der Waals surface area contributed by atoms with Crippen LogP contribution in [0, 0.1) is 5.92 Å². The number of alkyl halides is 2. The Kier molecular flexibility index (Phi) is 3.45. The van der Waals surface area contributed by atoms with Crippen molar-refractivity contribution in [3.05, 3.63) is 0 Å². The van der Waals surface area contributed by atoms with Gasteiger partial charge in [-0.2, -0.15) is 0 Å². The van der Waals surface area contributed by atoms with Crippen molar-refractivity contribution in [1.82, 2.24) is 0 Å². The third kappa shape index (κ3) is 2.82. The van der Waals surface area contributed by atoms with E-state index >= 15 is 0 Å². The smallest absolute Gasteiger partial charge is 0.404 e. The molecule has 76 valence electrons. The predicted octanol–water partition coefficient (Wildman–Crippen LogP) is 1.91. The van der Waals surface area contributed by atoms with E-state index in [0.717, 1.165) is 12.8 Å². The van der Waals surface area contributed by atoms with Gasteiger partial charge in [0, 0.05) is 0 Å². The molecule has 1 rings (SSSR count). The molecule has 0 aromatic carbocycles. The lowest BCUT2D eigenvalue weighted by Gasteiger charge is -2.29. The Bertz CT molecular complexity index is 187. The maximum absolute atomic E-state index is 12.4. The molecule has 0 spiro atoms. The molecule has 13 heavy (non-hydrogen) atoms. The number of amides is 1. The summed E-state index contributed by atoms with van der Waals surface area (Å²) < 4.78 is 29.4. The second-order valence-corrected chi connectivity index (χ2v) is 3.26. The van der Waals surface area contributed by atoms with E-state index in [2.05, 4.69) is 4.74 Å². The number of carbonyl (C=O) groups excluding carboxylic acids is 1. The molecular formula is C8H13F2NO2. The second kappa shape index (κ2) is 4.39. The molecular weight excluding hydrogens is 180 g/mol. The van der Waals surface area contributed by atoms with Crippen LogP contribution in [-0.4, -0.2) is 18.6 Å². The molecule has 1 fully saturated rings. The highest BCUT2D eigenvalue weighted by atomic mass is 19.3. The van der Waals surface area contributed by atoms with Gasteiger partial charge in [0.25, 0.3) is 0 Å². The number of hydrogen-bond donors (Lipinski definition) is 1. The van der Waals surface area contributed by atoms with Crippen molar-refractivity contribution in [2.45, 2.75) is 38.2 Å². The van der Waals surface area contributed by atoms with Gasteiger partial charge in [0.2, 0.25) is 6.43 Å². The van der Waals surface area contributed by atoms with Crippen LogP contribution in [0.4, 0.5) is 13.6 Å². The lowest BCUT2D eigenvalue weighted by atomic mass is 9.87. The summed E-state index contributed by atoms with van der Waals surface area (Å²) in [7, 11) is 0. The first-order chi connectivity index (χ1) is 6.11. The minimum atomic E-state index is -2.43. The summed E-state index contributed by atoms with van der Waals surface area (Å²) in [6, 6.07) is 0. The molecule has 0 radical (unpaired) electrons. The highest BCUT2D eigenvalue weighted by Crippen LogP contribution is 2.31. The molecule has 2 unspecified atom stereocenters. The Labute approximate surface area is 75.2 Å². The van der Waals surface area contributed by atoms with Gasteiger partial charge >= 0.3 is 6.09 Å². The van der Waals surface area contributed by atoms with Crippen LogP contribution in [0.25, 0.3) is 0 Å². The highest BCUT2D eigenvalue weighted by Gasteiger charge is 2.34. The number of nitrogens with two attached hydrogens (primary N) is 1. The topological polar surface area (TPSA) is 52.3 Å². The van der Waals surface area contributed by atoms with Crippen LogP contribution < -0.4 is 5.73 Å². The minimum absolute atomic E-state index is 0.412.